The second-order valence-corrected chi connectivity index (χ2v) is 2.72. The van der Waals surface area contributed by atoms with E-state index in [0.717, 1.165) is 5.57 Å². The van der Waals surface area contributed by atoms with Gasteiger partial charge in [-0.25, -0.2) is 12.1 Å². The van der Waals surface area contributed by atoms with E-state index < -0.39 is 0 Å². The largest absolute Gasteiger partial charge is 0.512 e. The van der Waals surface area contributed by atoms with E-state index in [2.05, 4.69) is 0 Å². The van der Waals surface area contributed by atoms with Crippen molar-refractivity contribution in [3.8, 4) is 0 Å². The molecule has 0 aliphatic heterocycles. The monoisotopic (exact) mass is 229 g/mol. The normalized spacial score (nSPS) is 11.6. The van der Waals surface area contributed by atoms with E-state index in [-0.39, 0.29) is 17.1 Å². The molecule has 14 heavy (non-hydrogen) atoms. The van der Waals surface area contributed by atoms with Gasteiger partial charge < -0.3 is 5.11 Å². The van der Waals surface area contributed by atoms with Crippen LogP contribution in [0.5, 0.6) is 0 Å². The minimum Gasteiger partial charge on any atom is -0.512 e. The van der Waals surface area contributed by atoms with E-state index in [1.54, 1.807) is 6.92 Å². The molecule has 0 aromatic heterocycles. The van der Waals surface area contributed by atoms with E-state index in [4.69, 9.17) is 5.11 Å². The van der Waals surface area contributed by atoms with Gasteiger partial charge >= 0.3 is 0 Å². The minimum absolute atomic E-state index is 0. The van der Waals surface area contributed by atoms with E-state index in [1.165, 1.54) is 0 Å². The van der Waals surface area contributed by atoms with Gasteiger partial charge in [-0.05, 0) is 6.92 Å². The minimum atomic E-state index is 0. The molecule has 2 heteroatoms. The maximum Gasteiger partial charge on any atom is 0.0963 e. The Balaban J connectivity index is 0.000000246. The van der Waals surface area contributed by atoms with Gasteiger partial charge in [0.1, 0.15) is 0 Å². The third-order valence-corrected chi connectivity index (χ3v) is 1.64. The first-order valence-corrected chi connectivity index (χ1v) is 4.22. The van der Waals surface area contributed by atoms with E-state index in [9.17, 15) is 0 Å². The Morgan fingerprint density at radius 3 is 1.86 bits per heavy atom. The van der Waals surface area contributed by atoms with E-state index >= 15 is 0 Å². The fourth-order valence-electron chi connectivity index (χ4n) is 0.936. The number of allylic oxidation sites excluding steroid dienone is 6. The second-order valence-electron chi connectivity index (χ2n) is 2.72. The van der Waals surface area contributed by atoms with Gasteiger partial charge in [0.25, 0.3) is 0 Å². The molecule has 2 rings (SSSR count). The van der Waals surface area contributed by atoms with Gasteiger partial charge in [-0.15, -0.1) is 0 Å². The fourth-order valence-corrected chi connectivity index (χ4v) is 0.936. The molecule has 76 valence electrons. The molecule has 1 aromatic carbocycles. The summed E-state index contributed by atoms with van der Waals surface area (Å²) in [5.74, 6) is 0.384. The van der Waals surface area contributed by atoms with Gasteiger partial charge in [-0.2, -0.15) is 18.2 Å². The van der Waals surface area contributed by atoms with Crippen molar-refractivity contribution >= 4 is 0 Å². The number of rotatable bonds is 0. The summed E-state index contributed by atoms with van der Waals surface area (Å²) in [7, 11) is 0. The third-order valence-electron chi connectivity index (χ3n) is 1.64. The zero-order valence-electron chi connectivity index (χ0n) is 8.00. The summed E-state index contributed by atoms with van der Waals surface area (Å²) >= 11 is 0. The molecule has 0 radical (unpaired) electrons. The predicted octanol–water partition coefficient (Wildman–Crippen LogP) is 3.35. The van der Waals surface area contributed by atoms with Crippen molar-refractivity contribution in [1.29, 1.82) is 0 Å². The Morgan fingerprint density at radius 2 is 1.64 bits per heavy atom. The maximum atomic E-state index is 8.83. The van der Waals surface area contributed by atoms with Gasteiger partial charge in [0, 0.05) is 22.6 Å². The van der Waals surface area contributed by atoms with Crippen molar-refractivity contribution in [2.24, 2.45) is 0 Å². The van der Waals surface area contributed by atoms with Gasteiger partial charge in [-0.1, -0.05) is 24.3 Å². The van der Waals surface area contributed by atoms with Crippen molar-refractivity contribution in [2.75, 3.05) is 0 Å². The van der Waals surface area contributed by atoms with Crippen LogP contribution in [-0.2, 0) is 17.1 Å². The Bertz CT molecular complexity index is 283. The first-order chi connectivity index (χ1) is 6.30. The second kappa shape index (κ2) is 7.31. The Morgan fingerprint density at radius 1 is 1.14 bits per heavy atom. The zero-order valence-corrected chi connectivity index (χ0v) is 9.10. The van der Waals surface area contributed by atoms with Crippen LogP contribution in [0, 0.1) is 0 Å². The molecule has 0 bridgehead atoms. The molecule has 1 aliphatic carbocycles. The van der Waals surface area contributed by atoms with Gasteiger partial charge in [0.05, 0.1) is 5.76 Å². The van der Waals surface area contributed by atoms with Gasteiger partial charge in [-0.3, -0.25) is 0 Å². The summed E-state index contributed by atoms with van der Waals surface area (Å²) < 4.78 is 0. The van der Waals surface area contributed by atoms with Crippen molar-refractivity contribution in [3.05, 3.63) is 66.0 Å². The number of hydrogen-bond donors (Lipinski definition) is 1. The number of hydrogen-bond acceptors (Lipinski definition) is 1. The van der Waals surface area contributed by atoms with E-state index in [0.29, 0.717) is 5.76 Å². The molecule has 0 atom stereocenters. The fraction of sp³-hybridized carbons (Fsp3) is 0.0833. The average molecular weight is 229 g/mol. The summed E-state index contributed by atoms with van der Waals surface area (Å²) in [6.07, 6.45) is 7.54. The quantitative estimate of drug-likeness (QED) is 0.411. The van der Waals surface area contributed by atoms with Gasteiger partial charge in [0.2, 0.25) is 0 Å². The molecule has 0 fully saturated rings. The van der Waals surface area contributed by atoms with Crippen LogP contribution in [0.1, 0.15) is 6.92 Å². The first kappa shape index (κ1) is 12.9. The van der Waals surface area contributed by atoms with Crippen LogP contribution in [-0.4, -0.2) is 5.11 Å². The first-order valence-electron chi connectivity index (χ1n) is 4.22. The molecule has 0 saturated carbocycles. The number of aliphatic hydroxyl groups is 1. The molecule has 1 aromatic rings. The summed E-state index contributed by atoms with van der Waals surface area (Å²) in [5, 5.41) is 8.83. The topological polar surface area (TPSA) is 20.2 Å². The van der Waals surface area contributed by atoms with E-state index in [1.807, 2.05) is 54.6 Å². The maximum absolute atomic E-state index is 8.83. The van der Waals surface area contributed by atoms with Crippen LogP contribution < -0.4 is 0 Å². The summed E-state index contributed by atoms with van der Waals surface area (Å²) in [5.41, 5.74) is 0.907. The van der Waals surface area contributed by atoms with Crippen molar-refractivity contribution < 1.29 is 22.2 Å². The molecule has 0 unspecified atom stereocenters. The van der Waals surface area contributed by atoms with Gasteiger partial charge in [0.15, 0.2) is 0 Å². The average Bonchev–Trinajstić information content (AvgIpc) is 2.82. The van der Waals surface area contributed by atoms with Crippen LogP contribution in [0.3, 0.4) is 0 Å². The standard InChI is InChI=1S/C7H8O.C5H5.Fe/c1-6(8)7-4-2-3-5-7;1-2-4-5-3-1;/h2-5,8H,1H3;1-5H;/q;-1;. The van der Waals surface area contributed by atoms with Crippen molar-refractivity contribution in [3.63, 3.8) is 0 Å². The summed E-state index contributed by atoms with van der Waals surface area (Å²) in [6.45, 7) is 1.68. The smallest absolute Gasteiger partial charge is 0.0963 e. The molecule has 1 N–H and O–H groups in total. The molecule has 0 saturated heterocycles. The van der Waals surface area contributed by atoms with Crippen LogP contribution in [0.25, 0.3) is 0 Å². The molecular formula is C12H13FeO-. The van der Waals surface area contributed by atoms with Crippen LogP contribution >= 0.6 is 0 Å². The summed E-state index contributed by atoms with van der Waals surface area (Å²) in [6, 6.07) is 10.0. The third kappa shape index (κ3) is 4.80. The van der Waals surface area contributed by atoms with Crippen LogP contribution in [0.15, 0.2) is 66.0 Å². The molecule has 0 amide bonds. The SMILES string of the molecule is CC(O)=C1C=CC=C1.[Fe].c1cc[cH-]c1. The van der Waals surface area contributed by atoms with Crippen LogP contribution in [0.4, 0.5) is 0 Å². The Kier molecular flexibility index (Phi) is 6.73. The Labute approximate surface area is 95.3 Å². The van der Waals surface area contributed by atoms with Crippen molar-refractivity contribution in [1.82, 2.24) is 0 Å². The van der Waals surface area contributed by atoms with Crippen LogP contribution in [0.2, 0.25) is 0 Å². The molecule has 1 aliphatic rings. The molecule has 0 spiro atoms. The van der Waals surface area contributed by atoms with Crippen molar-refractivity contribution in [2.45, 2.75) is 6.92 Å². The predicted molar refractivity (Wildman–Crippen MR) is 55.6 cm³/mol. The summed E-state index contributed by atoms with van der Waals surface area (Å²) in [4.78, 5) is 0. The zero-order chi connectivity index (χ0) is 9.52. The molecular weight excluding hydrogens is 216 g/mol. The Hall–Kier alpha value is -1.11. The number of aliphatic hydroxyl groups excluding tert-OH is 1. The molecule has 1 nitrogen and oxygen atoms in total. The molecule has 0 heterocycles.